The van der Waals surface area contributed by atoms with Gasteiger partial charge in [0.1, 0.15) is 0 Å². The zero-order valence-corrected chi connectivity index (χ0v) is 11.3. The summed E-state index contributed by atoms with van der Waals surface area (Å²) < 4.78 is 9.76. The number of hydrogen-bond acceptors (Lipinski definition) is 4. The first-order valence-electron chi connectivity index (χ1n) is 5.24. The van der Waals surface area contributed by atoms with Crippen molar-refractivity contribution in [1.29, 1.82) is 0 Å². The minimum absolute atomic E-state index is 0.263. The first-order chi connectivity index (χ1) is 8.70. The summed E-state index contributed by atoms with van der Waals surface area (Å²) in [4.78, 5) is 12.5. The molecule has 0 saturated carbocycles. The lowest BCUT2D eigenvalue weighted by atomic mass is 10.3. The maximum atomic E-state index is 11.4. The highest BCUT2D eigenvalue weighted by molar-refractivity contribution is 7.98. The third-order valence-corrected chi connectivity index (χ3v) is 3.64. The third-order valence-electron chi connectivity index (χ3n) is 2.33. The van der Waals surface area contributed by atoms with E-state index in [9.17, 15) is 4.79 Å². The molecule has 1 aromatic heterocycles. The zero-order chi connectivity index (χ0) is 13.0. The molecule has 0 fully saturated rings. The van der Waals surface area contributed by atoms with Crippen molar-refractivity contribution in [3.63, 3.8) is 0 Å². The Kier molecular flexibility index (Phi) is 4.33. The van der Waals surface area contributed by atoms with Gasteiger partial charge in [0.25, 0.3) is 0 Å². The van der Waals surface area contributed by atoms with E-state index in [1.165, 1.54) is 13.4 Å². The average Bonchev–Trinajstić information content (AvgIpc) is 2.85. The fraction of sp³-hybridized carbons (Fsp3) is 0.154. The van der Waals surface area contributed by atoms with Crippen molar-refractivity contribution < 1.29 is 13.9 Å². The number of hydrogen-bond donors (Lipinski definition) is 0. The van der Waals surface area contributed by atoms with Crippen LogP contribution in [0.3, 0.4) is 0 Å². The number of methoxy groups -OCH3 is 1. The van der Waals surface area contributed by atoms with Gasteiger partial charge in [-0.15, -0.1) is 11.8 Å². The number of ether oxygens (including phenoxy) is 1. The molecule has 0 atom stereocenters. The van der Waals surface area contributed by atoms with Gasteiger partial charge in [-0.25, -0.2) is 4.79 Å². The van der Waals surface area contributed by atoms with Gasteiger partial charge in [0.2, 0.25) is 5.76 Å². The summed E-state index contributed by atoms with van der Waals surface area (Å²) in [7, 11) is 1.33. The van der Waals surface area contributed by atoms with Crippen LogP contribution in [0.5, 0.6) is 0 Å². The summed E-state index contributed by atoms with van der Waals surface area (Å²) in [6.07, 6.45) is 1.49. The predicted molar refractivity (Wildman–Crippen MR) is 71.1 cm³/mol. The van der Waals surface area contributed by atoms with Gasteiger partial charge in [-0.3, -0.25) is 0 Å². The molecule has 2 aromatic rings. The molecule has 5 heteroatoms. The largest absolute Gasteiger partial charge is 0.463 e. The van der Waals surface area contributed by atoms with Crippen molar-refractivity contribution in [2.45, 2.75) is 10.6 Å². The van der Waals surface area contributed by atoms with Gasteiger partial charge in [-0.2, -0.15) is 0 Å². The Balaban J connectivity index is 2.04. The molecule has 18 heavy (non-hydrogen) atoms. The molecule has 0 unspecified atom stereocenters. The van der Waals surface area contributed by atoms with Gasteiger partial charge in [-0.1, -0.05) is 11.6 Å². The fourth-order valence-electron chi connectivity index (χ4n) is 1.41. The molecule has 0 radical (unpaired) electrons. The molecule has 0 aliphatic carbocycles. The molecule has 3 nitrogen and oxygen atoms in total. The van der Waals surface area contributed by atoms with Gasteiger partial charge in [0.05, 0.1) is 13.4 Å². The van der Waals surface area contributed by atoms with Crippen LogP contribution in [0.2, 0.25) is 5.02 Å². The van der Waals surface area contributed by atoms with Crippen LogP contribution in [0.4, 0.5) is 0 Å². The first kappa shape index (κ1) is 13.1. The minimum atomic E-state index is -0.452. The van der Waals surface area contributed by atoms with Crippen LogP contribution in [0, 0.1) is 0 Å². The smallest absolute Gasteiger partial charge is 0.374 e. The third kappa shape index (κ3) is 3.09. The lowest BCUT2D eigenvalue weighted by Gasteiger charge is -2.02. The maximum Gasteiger partial charge on any atom is 0.374 e. The Morgan fingerprint density at radius 2 is 2.06 bits per heavy atom. The Hall–Kier alpha value is -1.39. The van der Waals surface area contributed by atoms with Crippen LogP contribution in [0.1, 0.15) is 16.1 Å². The van der Waals surface area contributed by atoms with E-state index >= 15 is 0 Å². The second kappa shape index (κ2) is 5.98. The average molecular weight is 283 g/mol. The van der Waals surface area contributed by atoms with E-state index in [-0.39, 0.29) is 5.76 Å². The zero-order valence-electron chi connectivity index (χ0n) is 9.68. The number of carbonyl (C=O) groups excluding carboxylic acids is 1. The van der Waals surface area contributed by atoms with Crippen LogP contribution >= 0.6 is 23.4 Å². The summed E-state index contributed by atoms with van der Waals surface area (Å²) in [5.74, 6) is 0.452. The van der Waals surface area contributed by atoms with Crippen molar-refractivity contribution >= 4 is 29.3 Å². The van der Waals surface area contributed by atoms with Crippen LogP contribution in [0.15, 0.2) is 45.9 Å². The van der Waals surface area contributed by atoms with E-state index in [4.69, 9.17) is 16.0 Å². The number of thioether (sulfide) groups is 1. The summed E-state index contributed by atoms with van der Waals surface area (Å²) >= 11 is 7.41. The number of rotatable bonds is 4. The Morgan fingerprint density at radius 1 is 1.33 bits per heavy atom. The topological polar surface area (TPSA) is 39.4 Å². The summed E-state index contributed by atoms with van der Waals surface area (Å²) in [6, 6.07) is 9.31. The highest BCUT2D eigenvalue weighted by Crippen LogP contribution is 2.26. The van der Waals surface area contributed by atoms with Gasteiger partial charge in [0.15, 0.2) is 0 Å². The molecular formula is C13H11ClO3S. The predicted octanol–water partition coefficient (Wildman–Crippen LogP) is 4.01. The summed E-state index contributed by atoms with van der Waals surface area (Å²) in [5.41, 5.74) is 0.821. The highest BCUT2D eigenvalue weighted by atomic mass is 35.5. The molecule has 1 heterocycles. The summed E-state index contributed by atoms with van der Waals surface area (Å²) in [6.45, 7) is 0. The van der Waals surface area contributed by atoms with Crippen LogP contribution in [0.25, 0.3) is 0 Å². The van der Waals surface area contributed by atoms with Crippen molar-refractivity contribution in [1.82, 2.24) is 0 Å². The number of furan rings is 1. The molecular weight excluding hydrogens is 272 g/mol. The van der Waals surface area contributed by atoms with Crippen LogP contribution in [-0.2, 0) is 10.5 Å². The van der Waals surface area contributed by atoms with Gasteiger partial charge >= 0.3 is 5.97 Å². The van der Waals surface area contributed by atoms with E-state index in [0.717, 1.165) is 10.5 Å². The van der Waals surface area contributed by atoms with E-state index in [0.29, 0.717) is 10.8 Å². The summed E-state index contributed by atoms with van der Waals surface area (Å²) in [5, 5.41) is 0.706. The molecule has 0 amide bonds. The molecule has 0 aliphatic rings. The quantitative estimate of drug-likeness (QED) is 0.627. The molecule has 0 N–H and O–H groups in total. The molecule has 0 bridgehead atoms. The van der Waals surface area contributed by atoms with E-state index in [2.05, 4.69) is 4.74 Å². The normalized spacial score (nSPS) is 10.3. The van der Waals surface area contributed by atoms with Crippen molar-refractivity contribution in [3.05, 3.63) is 52.9 Å². The molecule has 1 aromatic carbocycles. The second-order valence-corrected chi connectivity index (χ2v) is 4.99. The Bertz CT molecular complexity index is 533. The minimum Gasteiger partial charge on any atom is -0.463 e. The van der Waals surface area contributed by atoms with Crippen LogP contribution in [-0.4, -0.2) is 13.1 Å². The lowest BCUT2D eigenvalue weighted by molar-refractivity contribution is 0.0564. The Morgan fingerprint density at radius 3 is 2.72 bits per heavy atom. The van der Waals surface area contributed by atoms with Crippen LogP contribution < -0.4 is 0 Å². The van der Waals surface area contributed by atoms with E-state index < -0.39 is 5.97 Å². The van der Waals surface area contributed by atoms with Crippen molar-refractivity contribution in [2.75, 3.05) is 7.11 Å². The monoisotopic (exact) mass is 282 g/mol. The molecule has 0 saturated heterocycles. The number of halogens is 1. The van der Waals surface area contributed by atoms with Gasteiger partial charge in [0, 0.05) is 21.2 Å². The number of benzene rings is 1. The molecule has 94 valence electrons. The SMILES string of the molecule is COC(=O)c1occc1CSc1ccc(Cl)cc1. The van der Waals surface area contributed by atoms with E-state index in [1.807, 2.05) is 24.3 Å². The molecule has 0 spiro atoms. The number of carbonyl (C=O) groups is 1. The molecule has 2 rings (SSSR count). The van der Waals surface area contributed by atoms with Crippen molar-refractivity contribution in [2.24, 2.45) is 0 Å². The van der Waals surface area contributed by atoms with Gasteiger partial charge < -0.3 is 9.15 Å². The molecule has 0 aliphatic heterocycles. The number of esters is 1. The fourth-order valence-corrected chi connectivity index (χ4v) is 2.42. The van der Waals surface area contributed by atoms with Crippen molar-refractivity contribution in [3.8, 4) is 0 Å². The van der Waals surface area contributed by atoms with E-state index in [1.54, 1.807) is 17.8 Å². The lowest BCUT2D eigenvalue weighted by Crippen LogP contribution is -2.02. The Labute approximate surface area is 114 Å². The maximum absolute atomic E-state index is 11.4. The second-order valence-electron chi connectivity index (χ2n) is 3.51. The first-order valence-corrected chi connectivity index (χ1v) is 6.60. The van der Waals surface area contributed by atoms with Gasteiger partial charge in [-0.05, 0) is 30.3 Å². The standard InChI is InChI=1S/C13H11ClO3S/c1-16-13(15)12-9(6-7-17-12)8-18-11-4-2-10(14)3-5-11/h2-7H,8H2,1H3. The highest BCUT2D eigenvalue weighted by Gasteiger charge is 2.15.